The highest BCUT2D eigenvalue weighted by atomic mass is 16.5. The highest BCUT2D eigenvalue weighted by Gasteiger charge is 2.23. The maximum absolute atomic E-state index is 11.4. The first-order valence-corrected chi connectivity index (χ1v) is 4.73. The van der Waals surface area contributed by atoms with Crippen LogP contribution in [-0.2, 0) is 14.3 Å². The molecule has 0 spiro atoms. The van der Waals surface area contributed by atoms with Crippen LogP contribution in [0.5, 0.6) is 0 Å². The van der Waals surface area contributed by atoms with Gasteiger partial charge in [-0.05, 0) is 27.2 Å². The Labute approximate surface area is 85.1 Å². The van der Waals surface area contributed by atoms with Gasteiger partial charge in [-0.15, -0.1) is 6.58 Å². The molecule has 0 saturated heterocycles. The lowest BCUT2D eigenvalue weighted by Crippen LogP contribution is -2.26. The lowest BCUT2D eigenvalue weighted by molar-refractivity contribution is -0.158. The van der Waals surface area contributed by atoms with Crippen LogP contribution in [0.15, 0.2) is 12.2 Å². The second kappa shape index (κ2) is 5.58. The number of ketones is 1. The van der Waals surface area contributed by atoms with E-state index in [-0.39, 0.29) is 12.0 Å². The van der Waals surface area contributed by atoms with Crippen molar-refractivity contribution in [2.75, 3.05) is 0 Å². The largest absolute Gasteiger partial charge is 0.457 e. The van der Waals surface area contributed by atoms with E-state index in [4.69, 9.17) is 4.74 Å². The smallest absolute Gasteiger partial charge is 0.375 e. The molecule has 0 rings (SSSR count). The van der Waals surface area contributed by atoms with Crippen molar-refractivity contribution in [2.45, 2.75) is 40.2 Å². The van der Waals surface area contributed by atoms with Gasteiger partial charge in [0.2, 0.25) is 5.78 Å². The summed E-state index contributed by atoms with van der Waals surface area (Å²) in [4.78, 5) is 22.6. The summed E-state index contributed by atoms with van der Waals surface area (Å²) in [7, 11) is 0. The second-order valence-corrected chi connectivity index (χ2v) is 3.88. The van der Waals surface area contributed by atoms with Gasteiger partial charge in [0.25, 0.3) is 0 Å². The Kier molecular flexibility index (Phi) is 5.13. The number of hydrogen-bond donors (Lipinski definition) is 0. The zero-order valence-electron chi connectivity index (χ0n) is 9.29. The van der Waals surface area contributed by atoms with E-state index in [1.165, 1.54) is 0 Å². The Morgan fingerprint density at radius 3 is 2.14 bits per heavy atom. The standard InChI is InChI=1S/C11H18O3/c1-7(2)6-9(5)10(12)11(13)14-8(3)4/h8-9H,1,6H2,2-5H3/t9-/m1/s1. The van der Waals surface area contributed by atoms with Crippen molar-refractivity contribution in [3.05, 3.63) is 12.2 Å². The number of esters is 1. The van der Waals surface area contributed by atoms with Crippen molar-refractivity contribution < 1.29 is 14.3 Å². The van der Waals surface area contributed by atoms with E-state index >= 15 is 0 Å². The molecule has 0 saturated carbocycles. The molecule has 0 aromatic heterocycles. The molecule has 0 N–H and O–H groups in total. The first-order valence-electron chi connectivity index (χ1n) is 4.73. The summed E-state index contributed by atoms with van der Waals surface area (Å²) < 4.78 is 4.80. The van der Waals surface area contributed by atoms with E-state index in [2.05, 4.69) is 6.58 Å². The van der Waals surface area contributed by atoms with Crippen LogP contribution in [0.4, 0.5) is 0 Å². The number of ether oxygens (including phenoxy) is 1. The van der Waals surface area contributed by atoms with E-state index in [1.807, 2.05) is 6.92 Å². The average Bonchev–Trinajstić information content (AvgIpc) is 2.00. The van der Waals surface area contributed by atoms with E-state index in [0.717, 1.165) is 5.57 Å². The molecule has 0 aromatic carbocycles. The van der Waals surface area contributed by atoms with Gasteiger partial charge >= 0.3 is 5.97 Å². The molecule has 0 unspecified atom stereocenters. The molecule has 80 valence electrons. The van der Waals surface area contributed by atoms with Gasteiger partial charge in [-0.1, -0.05) is 12.5 Å². The maximum atomic E-state index is 11.4. The lowest BCUT2D eigenvalue weighted by atomic mass is 9.99. The molecule has 0 fully saturated rings. The van der Waals surface area contributed by atoms with Crippen LogP contribution in [-0.4, -0.2) is 17.9 Å². The third kappa shape index (κ3) is 4.80. The van der Waals surface area contributed by atoms with E-state index in [0.29, 0.717) is 6.42 Å². The molecule has 1 atom stereocenters. The van der Waals surface area contributed by atoms with Gasteiger partial charge in [-0.25, -0.2) is 4.79 Å². The monoisotopic (exact) mass is 198 g/mol. The van der Waals surface area contributed by atoms with Gasteiger partial charge in [0.1, 0.15) is 0 Å². The summed E-state index contributed by atoms with van der Waals surface area (Å²) in [6.45, 7) is 10.7. The van der Waals surface area contributed by atoms with Crippen LogP contribution in [0.3, 0.4) is 0 Å². The number of carbonyl (C=O) groups excluding carboxylic acids is 2. The maximum Gasteiger partial charge on any atom is 0.375 e. The Bertz CT molecular complexity index is 241. The van der Waals surface area contributed by atoms with Crippen molar-refractivity contribution >= 4 is 11.8 Å². The van der Waals surface area contributed by atoms with Gasteiger partial charge in [-0.2, -0.15) is 0 Å². The highest BCUT2D eigenvalue weighted by molar-refractivity contribution is 6.34. The third-order valence-electron chi connectivity index (χ3n) is 1.65. The van der Waals surface area contributed by atoms with Gasteiger partial charge in [-0.3, -0.25) is 4.79 Å². The lowest BCUT2D eigenvalue weighted by Gasteiger charge is -2.11. The normalized spacial score (nSPS) is 12.4. The Morgan fingerprint density at radius 1 is 1.29 bits per heavy atom. The van der Waals surface area contributed by atoms with Crippen LogP contribution in [0.25, 0.3) is 0 Å². The molecule has 0 aliphatic carbocycles. The van der Waals surface area contributed by atoms with Gasteiger partial charge in [0.15, 0.2) is 0 Å². The van der Waals surface area contributed by atoms with E-state index in [1.54, 1.807) is 20.8 Å². The molecule has 0 radical (unpaired) electrons. The topological polar surface area (TPSA) is 43.4 Å². The van der Waals surface area contributed by atoms with Crippen molar-refractivity contribution in [1.82, 2.24) is 0 Å². The van der Waals surface area contributed by atoms with Crippen LogP contribution in [0, 0.1) is 5.92 Å². The Balaban J connectivity index is 4.18. The van der Waals surface area contributed by atoms with Crippen LogP contribution >= 0.6 is 0 Å². The molecular formula is C11H18O3. The fourth-order valence-electron chi connectivity index (χ4n) is 1.09. The second-order valence-electron chi connectivity index (χ2n) is 3.88. The number of rotatable bonds is 5. The first-order chi connectivity index (χ1) is 6.34. The quantitative estimate of drug-likeness (QED) is 0.386. The summed E-state index contributed by atoms with van der Waals surface area (Å²) in [5.41, 5.74) is 0.892. The molecule has 0 aliphatic rings. The molecule has 14 heavy (non-hydrogen) atoms. The predicted octanol–water partition coefficient (Wildman–Crippen LogP) is 2.11. The van der Waals surface area contributed by atoms with Crippen LogP contribution < -0.4 is 0 Å². The van der Waals surface area contributed by atoms with Crippen molar-refractivity contribution in [3.63, 3.8) is 0 Å². The third-order valence-corrected chi connectivity index (χ3v) is 1.65. The molecular weight excluding hydrogens is 180 g/mol. The molecule has 3 nitrogen and oxygen atoms in total. The minimum Gasteiger partial charge on any atom is -0.457 e. The first kappa shape index (κ1) is 12.9. The molecule has 0 heterocycles. The fraction of sp³-hybridized carbons (Fsp3) is 0.636. The summed E-state index contributed by atoms with van der Waals surface area (Å²) in [5, 5.41) is 0. The SMILES string of the molecule is C=C(C)C[C@@H](C)C(=O)C(=O)OC(C)C. The van der Waals surface area contributed by atoms with Crippen LogP contribution in [0.1, 0.15) is 34.1 Å². The molecule has 3 heteroatoms. The summed E-state index contributed by atoms with van der Waals surface area (Å²) in [6, 6.07) is 0. The minimum absolute atomic E-state index is 0.247. The van der Waals surface area contributed by atoms with Gasteiger partial charge in [0, 0.05) is 5.92 Å². The molecule has 0 aromatic rings. The highest BCUT2D eigenvalue weighted by Crippen LogP contribution is 2.11. The van der Waals surface area contributed by atoms with Crippen molar-refractivity contribution in [1.29, 1.82) is 0 Å². The van der Waals surface area contributed by atoms with Crippen LogP contribution in [0.2, 0.25) is 0 Å². The Hall–Kier alpha value is -1.12. The summed E-state index contributed by atoms with van der Waals surface area (Å²) in [5.74, 6) is -1.55. The van der Waals surface area contributed by atoms with Gasteiger partial charge < -0.3 is 4.74 Å². The molecule has 0 bridgehead atoms. The average molecular weight is 198 g/mol. The number of carbonyl (C=O) groups is 2. The number of hydrogen-bond acceptors (Lipinski definition) is 3. The summed E-state index contributed by atoms with van der Waals surface area (Å²) >= 11 is 0. The Morgan fingerprint density at radius 2 is 1.79 bits per heavy atom. The molecule has 0 amide bonds. The van der Waals surface area contributed by atoms with Crippen molar-refractivity contribution in [3.8, 4) is 0 Å². The van der Waals surface area contributed by atoms with E-state index in [9.17, 15) is 9.59 Å². The molecule has 0 aliphatic heterocycles. The zero-order valence-corrected chi connectivity index (χ0v) is 9.29. The minimum atomic E-state index is -0.742. The van der Waals surface area contributed by atoms with Gasteiger partial charge in [0.05, 0.1) is 6.10 Å². The summed E-state index contributed by atoms with van der Waals surface area (Å²) in [6.07, 6.45) is 0.287. The van der Waals surface area contributed by atoms with Crippen molar-refractivity contribution in [2.24, 2.45) is 5.92 Å². The number of allylic oxidation sites excluding steroid dienone is 1. The fourth-order valence-corrected chi connectivity index (χ4v) is 1.09. The number of Topliss-reactive ketones (excluding diaryl/α,β-unsaturated/α-hetero) is 1. The zero-order chi connectivity index (χ0) is 11.3. The predicted molar refractivity (Wildman–Crippen MR) is 54.8 cm³/mol. The van der Waals surface area contributed by atoms with E-state index < -0.39 is 11.8 Å².